The number of benzene rings is 1. The summed E-state index contributed by atoms with van der Waals surface area (Å²) in [4.78, 5) is 18.3. The minimum Gasteiger partial charge on any atom is -0.537 e. The van der Waals surface area contributed by atoms with Gasteiger partial charge in [-0.2, -0.15) is 0 Å². The average molecular weight is 418 g/mol. The summed E-state index contributed by atoms with van der Waals surface area (Å²) in [5, 5.41) is 0.463. The largest absolute Gasteiger partial charge is 1.00 e. The fourth-order valence-corrected chi connectivity index (χ4v) is 3.66. The van der Waals surface area contributed by atoms with Crippen LogP contribution in [0.3, 0.4) is 0 Å². The van der Waals surface area contributed by atoms with Gasteiger partial charge in [0, 0.05) is 29.9 Å². The maximum Gasteiger partial charge on any atom is 1.00 e. The number of ether oxygens (including phenoxy) is 1. The normalized spacial score (nSPS) is 14.4. The maximum atomic E-state index is 12.4. The second-order valence-corrected chi connectivity index (χ2v) is 7.82. The van der Waals surface area contributed by atoms with E-state index in [1.165, 1.54) is 24.4 Å². The first-order valence-electron chi connectivity index (χ1n) is 7.94. The number of anilines is 1. The van der Waals surface area contributed by atoms with Crippen molar-refractivity contribution < 1.29 is 47.5 Å². The molecule has 2 aromatic rings. The number of halogens is 1. The van der Waals surface area contributed by atoms with Crippen LogP contribution in [0.4, 0.5) is 5.82 Å². The summed E-state index contributed by atoms with van der Waals surface area (Å²) in [6, 6.07) is 7.56. The van der Waals surface area contributed by atoms with Crippen LogP contribution < -0.4 is 34.5 Å². The van der Waals surface area contributed by atoms with Crippen molar-refractivity contribution in [3.8, 4) is 0 Å². The molecule has 1 aliphatic heterocycles. The van der Waals surface area contributed by atoms with Crippen molar-refractivity contribution in [3.05, 3.63) is 57.4 Å². The van der Waals surface area contributed by atoms with Gasteiger partial charge >= 0.3 is 29.6 Å². The van der Waals surface area contributed by atoms with Crippen molar-refractivity contribution in [3.63, 3.8) is 0 Å². The molecule has 1 fully saturated rings. The van der Waals surface area contributed by atoms with Crippen LogP contribution in [0.1, 0.15) is 15.9 Å². The molecule has 138 valence electrons. The van der Waals surface area contributed by atoms with Gasteiger partial charge in [0.25, 0.3) is 0 Å². The van der Waals surface area contributed by atoms with E-state index < -0.39 is 15.9 Å². The number of aryl methyl sites for hydroxylation is 1. The molecule has 1 aromatic carbocycles. The second-order valence-electron chi connectivity index (χ2n) is 5.78. The summed E-state index contributed by atoms with van der Waals surface area (Å²) in [5.74, 6) is -0.177. The predicted octanol–water partition coefficient (Wildman–Crippen LogP) is -0.213. The van der Waals surface area contributed by atoms with Crippen molar-refractivity contribution in [2.75, 3.05) is 31.2 Å². The maximum absolute atomic E-state index is 12.4. The molecule has 0 N–H and O–H groups in total. The molecule has 0 unspecified atom stereocenters. The first-order valence-corrected chi connectivity index (χ1v) is 9.76. The first kappa shape index (κ1) is 22.1. The van der Waals surface area contributed by atoms with E-state index in [0.29, 0.717) is 42.7 Å². The molecule has 0 spiro atoms. The average Bonchev–Trinajstić information content (AvgIpc) is 2.62. The van der Waals surface area contributed by atoms with Crippen LogP contribution in [0.5, 0.6) is 0 Å². The monoisotopic (exact) mass is 417 g/mol. The topological polar surface area (TPSA) is 90.7 Å². The molecule has 3 rings (SSSR count). The molecule has 7 nitrogen and oxygen atoms in total. The third kappa shape index (κ3) is 5.43. The van der Waals surface area contributed by atoms with E-state index in [1.807, 2.05) is 4.90 Å². The van der Waals surface area contributed by atoms with Crippen LogP contribution in [-0.2, 0) is 14.8 Å². The summed E-state index contributed by atoms with van der Waals surface area (Å²) in [7, 11) is -4.15. The third-order valence-electron chi connectivity index (χ3n) is 3.98. The molecule has 1 saturated heterocycles. The predicted molar refractivity (Wildman–Crippen MR) is 98.3 cm³/mol. The number of morpholine rings is 1. The summed E-state index contributed by atoms with van der Waals surface area (Å²) in [6.45, 7) is 4.26. The molecule has 0 bridgehead atoms. The van der Waals surface area contributed by atoms with E-state index in [2.05, 4.69) is 9.71 Å². The Balaban J connectivity index is 0.00000261. The number of carbonyl (C=O) groups is 1. The minimum absolute atomic E-state index is 0. The van der Waals surface area contributed by atoms with Crippen LogP contribution in [0.15, 0.2) is 41.4 Å². The summed E-state index contributed by atoms with van der Waals surface area (Å²) < 4.78 is 33.5. The molecule has 1 amide bonds. The fraction of sp³-hybridized carbons (Fsp3) is 0.294. The number of hydrogen-bond acceptors (Lipinski definition) is 6. The van der Waals surface area contributed by atoms with Crippen LogP contribution >= 0.6 is 11.6 Å². The minimum atomic E-state index is -4.15. The molecular weight excluding hydrogens is 401 g/mol. The van der Waals surface area contributed by atoms with Crippen molar-refractivity contribution in [1.29, 1.82) is 0 Å². The molecule has 0 atom stereocenters. The molecule has 27 heavy (non-hydrogen) atoms. The number of carbonyl (C=O) groups excluding carboxylic acids is 1. The van der Waals surface area contributed by atoms with Crippen molar-refractivity contribution >= 4 is 33.3 Å². The van der Waals surface area contributed by atoms with Gasteiger partial charge < -0.3 is 19.2 Å². The van der Waals surface area contributed by atoms with Gasteiger partial charge in [-0.15, -0.1) is 0 Å². The molecule has 10 heteroatoms. The number of aromatic nitrogens is 1. The standard InChI is InChI=1S/C17H18ClN3O4S.Na/c1-12-10-13(18)2-4-15(12)17(22)20-26(23,24)14-3-5-16(19-11-14)21-6-8-25-9-7-21;/h2-5,10-11H,6-9H2,1H3,(H,20,22);/q;+1/p-1. The molecule has 1 aliphatic rings. The van der Waals surface area contributed by atoms with E-state index in [9.17, 15) is 13.2 Å². The van der Waals surface area contributed by atoms with Gasteiger partial charge in [-0.05, 0) is 36.8 Å². The third-order valence-corrected chi connectivity index (χ3v) is 5.45. The molecule has 2 heterocycles. The zero-order valence-electron chi connectivity index (χ0n) is 15.1. The van der Waals surface area contributed by atoms with Crippen molar-refractivity contribution in [1.82, 2.24) is 4.98 Å². The zero-order valence-corrected chi connectivity index (χ0v) is 18.6. The number of rotatable bonds is 4. The number of hydrogen-bond donors (Lipinski definition) is 0. The van der Waals surface area contributed by atoms with E-state index in [-0.39, 0.29) is 40.0 Å². The summed E-state index contributed by atoms with van der Waals surface area (Å²) in [5.41, 5.74) is 0.748. The van der Waals surface area contributed by atoms with Gasteiger partial charge in [-0.25, -0.2) is 13.4 Å². The Kier molecular flexibility index (Phi) is 7.67. The van der Waals surface area contributed by atoms with Gasteiger partial charge in [0.05, 0.1) is 24.0 Å². The quantitative estimate of drug-likeness (QED) is 0.639. The van der Waals surface area contributed by atoms with Gasteiger partial charge in [0.2, 0.25) is 0 Å². The number of pyridine rings is 1. The van der Waals surface area contributed by atoms with E-state index in [0.717, 1.165) is 0 Å². The Morgan fingerprint density at radius 2 is 1.93 bits per heavy atom. The molecule has 0 saturated carbocycles. The SMILES string of the molecule is Cc1cc(Cl)ccc1C(=O)[N-]S(=O)(=O)c1ccc(N2CCOCC2)nc1.[Na+]. The molecule has 0 aliphatic carbocycles. The van der Waals surface area contributed by atoms with Gasteiger partial charge in [-0.1, -0.05) is 17.7 Å². The van der Waals surface area contributed by atoms with Gasteiger partial charge in [-0.3, -0.25) is 0 Å². The Bertz CT molecular complexity index is 916. The molecule has 1 aromatic heterocycles. The van der Waals surface area contributed by atoms with E-state index in [4.69, 9.17) is 16.3 Å². The van der Waals surface area contributed by atoms with Crippen molar-refractivity contribution in [2.45, 2.75) is 11.8 Å². The van der Waals surface area contributed by atoms with Crippen LogP contribution in [0.25, 0.3) is 4.72 Å². The Hall–Kier alpha value is -1.16. The zero-order chi connectivity index (χ0) is 18.7. The number of sulfonamides is 1. The fourth-order valence-electron chi connectivity index (χ4n) is 2.58. The second kappa shape index (κ2) is 9.36. The summed E-state index contributed by atoms with van der Waals surface area (Å²) >= 11 is 5.85. The van der Waals surface area contributed by atoms with Crippen LogP contribution in [0, 0.1) is 6.92 Å². The Labute approximate surface area is 185 Å². The van der Waals surface area contributed by atoms with E-state index in [1.54, 1.807) is 19.1 Å². The summed E-state index contributed by atoms with van der Waals surface area (Å²) in [6.07, 6.45) is 1.21. The van der Waals surface area contributed by atoms with Crippen LogP contribution in [-0.4, -0.2) is 45.6 Å². The molecule has 0 radical (unpaired) electrons. The smallest absolute Gasteiger partial charge is 0.537 e. The van der Waals surface area contributed by atoms with Crippen LogP contribution in [0.2, 0.25) is 5.02 Å². The first-order chi connectivity index (χ1) is 12.4. The van der Waals surface area contributed by atoms with Crippen molar-refractivity contribution in [2.24, 2.45) is 0 Å². The van der Waals surface area contributed by atoms with Gasteiger partial charge in [0.1, 0.15) is 15.8 Å². The molecular formula is C17H17ClN3NaO4S. The number of nitrogens with zero attached hydrogens (tertiary/aromatic N) is 3. The van der Waals surface area contributed by atoms with E-state index >= 15 is 0 Å². The number of amides is 1. The Morgan fingerprint density at radius 3 is 2.52 bits per heavy atom. The van der Waals surface area contributed by atoms with Gasteiger partial charge in [0.15, 0.2) is 0 Å². The Morgan fingerprint density at radius 1 is 1.22 bits per heavy atom.